The Morgan fingerprint density at radius 3 is 2.75 bits per heavy atom. The number of rotatable bonds is 5. The van der Waals surface area contributed by atoms with Gasteiger partial charge in [-0.25, -0.2) is 0 Å². The SMILES string of the molecule is Cc1cccc(SCC(N)Cc2c(Cl)c(C)nn2C)c1. The number of hydrogen-bond acceptors (Lipinski definition) is 3. The molecule has 1 unspecified atom stereocenters. The van der Waals surface area contributed by atoms with Crippen molar-refractivity contribution in [3.63, 3.8) is 0 Å². The van der Waals surface area contributed by atoms with Gasteiger partial charge in [0.2, 0.25) is 0 Å². The average molecular weight is 310 g/mol. The number of hydrogen-bond donors (Lipinski definition) is 1. The van der Waals surface area contributed by atoms with Crippen LogP contribution in [0, 0.1) is 13.8 Å². The van der Waals surface area contributed by atoms with E-state index in [0.29, 0.717) is 0 Å². The predicted octanol–water partition coefficient (Wildman–Crippen LogP) is 3.35. The molecule has 0 radical (unpaired) electrons. The van der Waals surface area contributed by atoms with Gasteiger partial charge >= 0.3 is 0 Å². The van der Waals surface area contributed by atoms with E-state index >= 15 is 0 Å². The molecule has 0 amide bonds. The lowest BCUT2D eigenvalue weighted by Crippen LogP contribution is -2.26. The van der Waals surface area contributed by atoms with Crippen molar-refractivity contribution in [2.24, 2.45) is 12.8 Å². The van der Waals surface area contributed by atoms with Crippen molar-refractivity contribution in [1.82, 2.24) is 9.78 Å². The second kappa shape index (κ2) is 6.66. The van der Waals surface area contributed by atoms with E-state index in [4.69, 9.17) is 17.3 Å². The summed E-state index contributed by atoms with van der Waals surface area (Å²) in [6, 6.07) is 8.53. The molecule has 2 rings (SSSR count). The molecule has 2 aromatic rings. The molecule has 0 bridgehead atoms. The Kier molecular flexibility index (Phi) is 5.13. The van der Waals surface area contributed by atoms with E-state index in [0.717, 1.165) is 28.6 Å². The first-order chi connectivity index (χ1) is 9.47. The fourth-order valence-electron chi connectivity index (χ4n) is 2.12. The highest BCUT2D eigenvalue weighted by Gasteiger charge is 2.14. The number of aromatic nitrogens is 2. The number of nitrogens with zero attached hydrogens (tertiary/aromatic N) is 2. The lowest BCUT2D eigenvalue weighted by molar-refractivity contribution is 0.653. The quantitative estimate of drug-likeness (QED) is 0.861. The van der Waals surface area contributed by atoms with Crippen LogP contribution in [-0.2, 0) is 13.5 Å². The minimum atomic E-state index is 0.0628. The molecule has 1 aromatic heterocycles. The van der Waals surface area contributed by atoms with Crippen molar-refractivity contribution in [2.45, 2.75) is 31.2 Å². The summed E-state index contributed by atoms with van der Waals surface area (Å²) in [6.07, 6.45) is 0.745. The number of aryl methyl sites for hydroxylation is 3. The van der Waals surface area contributed by atoms with Crippen molar-refractivity contribution >= 4 is 23.4 Å². The normalized spacial score (nSPS) is 12.7. The van der Waals surface area contributed by atoms with Crippen LogP contribution in [0.25, 0.3) is 0 Å². The van der Waals surface area contributed by atoms with E-state index in [1.54, 1.807) is 11.8 Å². The van der Waals surface area contributed by atoms with E-state index in [1.807, 2.05) is 18.7 Å². The van der Waals surface area contributed by atoms with Gasteiger partial charge in [0.25, 0.3) is 0 Å². The van der Waals surface area contributed by atoms with Crippen LogP contribution in [0.3, 0.4) is 0 Å². The van der Waals surface area contributed by atoms with E-state index in [-0.39, 0.29) is 6.04 Å². The zero-order chi connectivity index (χ0) is 14.7. The molecule has 20 heavy (non-hydrogen) atoms. The van der Waals surface area contributed by atoms with Crippen molar-refractivity contribution in [3.05, 3.63) is 46.2 Å². The van der Waals surface area contributed by atoms with Crippen LogP contribution in [0.2, 0.25) is 5.02 Å². The Labute approximate surface area is 129 Å². The lowest BCUT2D eigenvalue weighted by atomic mass is 10.2. The molecule has 0 aliphatic heterocycles. The maximum absolute atomic E-state index is 6.25. The van der Waals surface area contributed by atoms with Crippen LogP contribution < -0.4 is 5.73 Å². The molecule has 108 valence electrons. The van der Waals surface area contributed by atoms with Crippen molar-refractivity contribution in [2.75, 3.05) is 5.75 Å². The first kappa shape index (κ1) is 15.4. The Morgan fingerprint density at radius 2 is 2.15 bits per heavy atom. The highest BCUT2D eigenvalue weighted by molar-refractivity contribution is 7.99. The molecule has 0 saturated carbocycles. The van der Waals surface area contributed by atoms with Crippen LogP contribution in [0.4, 0.5) is 0 Å². The van der Waals surface area contributed by atoms with E-state index in [1.165, 1.54) is 10.5 Å². The molecule has 5 heteroatoms. The average Bonchev–Trinajstić information content (AvgIpc) is 2.63. The summed E-state index contributed by atoms with van der Waals surface area (Å²) in [4.78, 5) is 1.26. The minimum Gasteiger partial charge on any atom is -0.327 e. The predicted molar refractivity (Wildman–Crippen MR) is 86.5 cm³/mol. The summed E-state index contributed by atoms with van der Waals surface area (Å²) in [7, 11) is 1.91. The van der Waals surface area contributed by atoms with Gasteiger partial charge < -0.3 is 5.73 Å². The van der Waals surface area contributed by atoms with Gasteiger partial charge in [0.1, 0.15) is 0 Å². The standard InChI is InChI=1S/C15H20ClN3S/c1-10-5-4-6-13(7-10)20-9-12(17)8-14-15(16)11(2)18-19(14)3/h4-7,12H,8-9,17H2,1-3H3. The third-order valence-corrected chi connectivity index (χ3v) is 4.84. The Bertz CT molecular complexity index is 595. The third-order valence-electron chi connectivity index (χ3n) is 3.17. The fraction of sp³-hybridized carbons (Fsp3) is 0.400. The highest BCUT2D eigenvalue weighted by atomic mass is 35.5. The monoisotopic (exact) mass is 309 g/mol. The first-order valence-electron chi connectivity index (χ1n) is 6.60. The molecule has 1 heterocycles. The Hall–Kier alpha value is -0.970. The van der Waals surface area contributed by atoms with Crippen LogP contribution in [0.5, 0.6) is 0 Å². The van der Waals surface area contributed by atoms with Gasteiger partial charge in [-0.2, -0.15) is 5.10 Å². The van der Waals surface area contributed by atoms with Gasteiger partial charge in [-0.05, 0) is 26.0 Å². The van der Waals surface area contributed by atoms with Gasteiger partial charge in [-0.15, -0.1) is 11.8 Å². The van der Waals surface area contributed by atoms with Gasteiger partial charge in [0.05, 0.1) is 16.4 Å². The fourth-order valence-corrected chi connectivity index (χ4v) is 3.32. The van der Waals surface area contributed by atoms with Crippen LogP contribution >= 0.6 is 23.4 Å². The molecular weight excluding hydrogens is 290 g/mol. The summed E-state index contributed by atoms with van der Waals surface area (Å²) in [5, 5.41) is 5.06. The maximum atomic E-state index is 6.25. The molecule has 1 atom stereocenters. The maximum Gasteiger partial charge on any atom is 0.0847 e. The van der Waals surface area contributed by atoms with Crippen LogP contribution in [0.15, 0.2) is 29.2 Å². The van der Waals surface area contributed by atoms with E-state index in [2.05, 4.69) is 36.3 Å². The minimum absolute atomic E-state index is 0.0628. The topological polar surface area (TPSA) is 43.8 Å². The zero-order valence-corrected chi connectivity index (χ0v) is 13.6. The molecule has 0 aliphatic carbocycles. The van der Waals surface area contributed by atoms with Gasteiger partial charge in [-0.3, -0.25) is 4.68 Å². The molecular formula is C15H20ClN3S. The van der Waals surface area contributed by atoms with Crippen LogP contribution in [0.1, 0.15) is 17.0 Å². The molecule has 0 fully saturated rings. The highest BCUT2D eigenvalue weighted by Crippen LogP contribution is 2.23. The smallest absolute Gasteiger partial charge is 0.0847 e. The van der Waals surface area contributed by atoms with E-state index in [9.17, 15) is 0 Å². The molecule has 2 N–H and O–H groups in total. The number of thioether (sulfide) groups is 1. The Balaban J connectivity index is 1.94. The number of benzene rings is 1. The molecule has 0 spiro atoms. The largest absolute Gasteiger partial charge is 0.327 e. The summed E-state index contributed by atoms with van der Waals surface area (Å²) < 4.78 is 1.83. The van der Waals surface area contributed by atoms with Gasteiger partial charge in [0, 0.05) is 30.2 Å². The molecule has 0 aliphatic rings. The first-order valence-corrected chi connectivity index (χ1v) is 7.96. The second-order valence-electron chi connectivity index (χ2n) is 5.06. The third kappa shape index (κ3) is 3.78. The van der Waals surface area contributed by atoms with Gasteiger partial charge in [0.15, 0.2) is 0 Å². The number of halogens is 1. The molecule has 1 aromatic carbocycles. The zero-order valence-electron chi connectivity index (χ0n) is 12.1. The summed E-state index contributed by atoms with van der Waals surface area (Å²) in [6.45, 7) is 4.01. The van der Waals surface area contributed by atoms with Crippen molar-refractivity contribution in [1.29, 1.82) is 0 Å². The summed E-state index contributed by atoms with van der Waals surface area (Å²) in [5.74, 6) is 0.865. The second-order valence-corrected chi connectivity index (χ2v) is 6.53. The van der Waals surface area contributed by atoms with Gasteiger partial charge in [-0.1, -0.05) is 29.3 Å². The molecule has 0 saturated heterocycles. The summed E-state index contributed by atoms with van der Waals surface area (Å²) >= 11 is 8.03. The van der Waals surface area contributed by atoms with Crippen molar-refractivity contribution < 1.29 is 0 Å². The van der Waals surface area contributed by atoms with Crippen molar-refractivity contribution in [3.8, 4) is 0 Å². The van der Waals surface area contributed by atoms with E-state index < -0.39 is 0 Å². The molecule has 3 nitrogen and oxygen atoms in total. The number of nitrogens with two attached hydrogens (primary N) is 1. The summed E-state index contributed by atoms with van der Waals surface area (Å²) in [5.41, 5.74) is 9.37. The lowest BCUT2D eigenvalue weighted by Gasteiger charge is -2.12. The Morgan fingerprint density at radius 1 is 1.40 bits per heavy atom. The van der Waals surface area contributed by atoms with Crippen LogP contribution in [-0.4, -0.2) is 21.6 Å².